The molecule has 3 nitrogen and oxygen atoms in total. The van der Waals surface area contributed by atoms with Crippen molar-refractivity contribution in [2.24, 2.45) is 5.73 Å². The van der Waals surface area contributed by atoms with E-state index < -0.39 is 0 Å². The smallest absolute Gasteiger partial charge is 0.132 e. The molecule has 2 rings (SSSR count). The minimum Gasteiger partial charge on any atom is -0.353 e. The molecule has 1 atom stereocenters. The number of unbranched alkanes of at least 4 members (excludes halogenated alkanes) is 1. The monoisotopic (exact) mass is 247 g/mol. The Labute approximate surface area is 110 Å². The van der Waals surface area contributed by atoms with Crippen molar-refractivity contribution in [3.05, 3.63) is 23.9 Å². The van der Waals surface area contributed by atoms with E-state index in [9.17, 15) is 0 Å². The Morgan fingerprint density at radius 2 is 2.28 bits per heavy atom. The van der Waals surface area contributed by atoms with Gasteiger partial charge in [-0.1, -0.05) is 19.4 Å². The Kier molecular flexibility index (Phi) is 4.59. The lowest BCUT2D eigenvalue weighted by atomic mass is 10.1. The zero-order chi connectivity index (χ0) is 13.0. The number of hydrogen-bond donors (Lipinski definition) is 1. The van der Waals surface area contributed by atoms with Gasteiger partial charge in [0.25, 0.3) is 0 Å². The van der Waals surface area contributed by atoms with E-state index >= 15 is 0 Å². The SMILES string of the molecule is CCCCN(c1ncccc1CC(C)N)C1CC1. The second-order valence-electron chi connectivity index (χ2n) is 5.45. The summed E-state index contributed by atoms with van der Waals surface area (Å²) in [6.07, 6.45) is 7.93. The van der Waals surface area contributed by atoms with Crippen molar-refractivity contribution < 1.29 is 0 Å². The van der Waals surface area contributed by atoms with Crippen LogP contribution in [0.4, 0.5) is 5.82 Å². The maximum absolute atomic E-state index is 5.94. The maximum Gasteiger partial charge on any atom is 0.132 e. The molecule has 3 heteroatoms. The van der Waals surface area contributed by atoms with Gasteiger partial charge < -0.3 is 10.6 Å². The average Bonchev–Trinajstić information content (AvgIpc) is 3.15. The number of nitrogens with zero attached hydrogens (tertiary/aromatic N) is 2. The zero-order valence-corrected chi connectivity index (χ0v) is 11.6. The summed E-state index contributed by atoms with van der Waals surface area (Å²) in [6, 6.07) is 5.11. The lowest BCUT2D eigenvalue weighted by Gasteiger charge is -2.26. The van der Waals surface area contributed by atoms with E-state index in [2.05, 4.69) is 29.8 Å². The minimum atomic E-state index is 0.195. The first-order chi connectivity index (χ1) is 8.72. The Balaban J connectivity index is 2.17. The molecular formula is C15H25N3. The molecule has 0 amide bonds. The Morgan fingerprint density at radius 3 is 2.89 bits per heavy atom. The van der Waals surface area contributed by atoms with Crippen LogP contribution in [0.15, 0.2) is 18.3 Å². The van der Waals surface area contributed by atoms with Gasteiger partial charge in [0.05, 0.1) is 0 Å². The van der Waals surface area contributed by atoms with Crippen LogP contribution >= 0.6 is 0 Å². The van der Waals surface area contributed by atoms with Gasteiger partial charge in [-0.25, -0.2) is 4.98 Å². The third-order valence-electron chi connectivity index (χ3n) is 3.42. The van der Waals surface area contributed by atoms with Gasteiger partial charge in [-0.3, -0.25) is 0 Å². The van der Waals surface area contributed by atoms with Crippen molar-refractivity contribution in [2.45, 2.75) is 58.0 Å². The molecule has 1 fully saturated rings. The van der Waals surface area contributed by atoms with Crippen LogP contribution < -0.4 is 10.6 Å². The predicted octanol–water partition coefficient (Wildman–Crippen LogP) is 2.74. The van der Waals surface area contributed by atoms with Crippen molar-refractivity contribution in [2.75, 3.05) is 11.4 Å². The second-order valence-corrected chi connectivity index (χ2v) is 5.45. The van der Waals surface area contributed by atoms with Crippen molar-refractivity contribution in [1.82, 2.24) is 4.98 Å². The third-order valence-corrected chi connectivity index (χ3v) is 3.42. The van der Waals surface area contributed by atoms with E-state index in [0.29, 0.717) is 0 Å². The van der Waals surface area contributed by atoms with E-state index in [1.54, 1.807) is 0 Å². The number of rotatable bonds is 7. The lowest BCUT2D eigenvalue weighted by molar-refractivity contribution is 0.687. The van der Waals surface area contributed by atoms with Crippen LogP contribution in [0, 0.1) is 0 Å². The molecule has 1 aliphatic rings. The maximum atomic E-state index is 5.94. The van der Waals surface area contributed by atoms with E-state index in [1.165, 1.54) is 37.1 Å². The summed E-state index contributed by atoms with van der Waals surface area (Å²) in [5.74, 6) is 1.17. The van der Waals surface area contributed by atoms with Crippen LogP contribution in [0.1, 0.15) is 45.1 Å². The van der Waals surface area contributed by atoms with Crippen LogP contribution in [-0.2, 0) is 6.42 Å². The van der Waals surface area contributed by atoms with Crippen LogP contribution in [0.3, 0.4) is 0 Å². The van der Waals surface area contributed by atoms with E-state index in [4.69, 9.17) is 5.73 Å². The third kappa shape index (κ3) is 3.45. The fourth-order valence-electron chi connectivity index (χ4n) is 2.37. The van der Waals surface area contributed by atoms with Crippen LogP contribution in [0.2, 0.25) is 0 Å². The molecule has 0 aliphatic heterocycles. The first kappa shape index (κ1) is 13.3. The van der Waals surface area contributed by atoms with Crippen LogP contribution in [-0.4, -0.2) is 23.6 Å². The molecule has 0 aromatic carbocycles. The highest BCUT2D eigenvalue weighted by atomic mass is 15.2. The standard InChI is InChI=1S/C15H25N3/c1-3-4-10-18(14-7-8-14)15-13(11-12(2)16)6-5-9-17-15/h5-6,9,12,14H,3-4,7-8,10-11,16H2,1-2H3. The minimum absolute atomic E-state index is 0.195. The average molecular weight is 247 g/mol. The van der Waals surface area contributed by atoms with Gasteiger partial charge in [-0.05, 0) is 44.2 Å². The van der Waals surface area contributed by atoms with E-state index in [0.717, 1.165) is 19.0 Å². The molecule has 1 aromatic rings. The lowest BCUT2D eigenvalue weighted by Crippen LogP contribution is -2.30. The predicted molar refractivity (Wildman–Crippen MR) is 76.9 cm³/mol. The summed E-state index contributed by atoms with van der Waals surface area (Å²) in [5.41, 5.74) is 7.24. The summed E-state index contributed by atoms with van der Waals surface area (Å²) in [6.45, 7) is 5.43. The highest BCUT2D eigenvalue weighted by molar-refractivity contribution is 5.49. The van der Waals surface area contributed by atoms with Crippen molar-refractivity contribution in [3.63, 3.8) is 0 Å². The molecule has 1 heterocycles. The zero-order valence-electron chi connectivity index (χ0n) is 11.6. The molecule has 1 saturated carbocycles. The topological polar surface area (TPSA) is 42.2 Å². The van der Waals surface area contributed by atoms with Crippen molar-refractivity contribution in [1.29, 1.82) is 0 Å². The van der Waals surface area contributed by atoms with Crippen LogP contribution in [0.5, 0.6) is 0 Å². The molecule has 0 radical (unpaired) electrons. The number of nitrogens with two attached hydrogens (primary N) is 1. The molecule has 2 N–H and O–H groups in total. The van der Waals surface area contributed by atoms with Crippen molar-refractivity contribution in [3.8, 4) is 0 Å². The van der Waals surface area contributed by atoms with Gasteiger partial charge in [-0.2, -0.15) is 0 Å². The summed E-state index contributed by atoms with van der Waals surface area (Å²) in [5, 5.41) is 0. The highest BCUT2D eigenvalue weighted by Crippen LogP contribution is 2.32. The van der Waals surface area contributed by atoms with Gasteiger partial charge in [0.15, 0.2) is 0 Å². The van der Waals surface area contributed by atoms with E-state index in [-0.39, 0.29) is 6.04 Å². The summed E-state index contributed by atoms with van der Waals surface area (Å²) in [7, 11) is 0. The number of aromatic nitrogens is 1. The normalized spacial score (nSPS) is 16.6. The Hall–Kier alpha value is -1.09. The van der Waals surface area contributed by atoms with Gasteiger partial charge in [0.1, 0.15) is 5.82 Å². The first-order valence-electron chi connectivity index (χ1n) is 7.18. The number of pyridine rings is 1. The van der Waals surface area contributed by atoms with Gasteiger partial charge >= 0.3 is 0 Å². The molecule has 0 spiro atoms. The molecule has 100 valence electrons. The van der Waals surface area contributed by atoms with Gasteiger partial charge in [0.2, 0.25) is 0 Å². The van der Waals surface area contributed by atoms with Crippen molar-refractivity contribution >= 4 is 5.82 Å². The number of anilines is 1. The second kappa shape index (κ2) is 6.19. The highest BCUT2D eigenvalue weighted by Gasteiger charge is 2.30. The molecule has 0 saturated heterocycles. The van der Waals surface area contributed by atoms with Gasteiger partial charge in [-0.15, -0.1) is 0 Å². The quantitative estimate of drug-likeness (QED) is 0.805. The first-order valence-corrected chi connectivity index (χ1v) is 7.18. The molecule has 1 aliphatic carbocycles. The molecule has 18 heavy (non-hydrogen) atoms. The largest absolute Gasteiger partial charge is 0.353 e. The molecule has 1 unspecified atom stereocenters. The van der Waals surface area contributed by atoms with E-state index in [1.807, 2.05) is 12.3 Å². The summed E-state index contributed by atoms with van der Waals surface area (Å²) >= 11 is 0. The Morgan fingerprint density at radius 1 is 1.50 bits per heavy atom. The van der Waals surface area contributed by atoms with Gasteiger partial charge in [0, 0.05) is 24.8 Å². The summed E-state index contributed by atoms with van der Waals surface area (Å²) < 4.78 is 0. The summed E-state index contributed by atoms with van der Waals surface area (Å²) in [4.78, 5) is 7.12. The molecule has 1 aromatic heterocycles. The molecule has 0 bridgehead atoms. The Bertz CT molecular complexity index is 372. The fraction of sp³-hybridized carbons (Fsp3) is 0.667. The fourth-order valence-corrected chi connectivity index (χ4v) is 2.37. The van der Waals surface area contributed by atoms with Crippen LogP contribution in [0.25, 0.3) is 0 Å². The molecular weight excluding hydrogens is 222 g/mol. The number of hydrogen-bond acceptors (Lipinski definition) is 3.